The first kappa shape index (κ1) is 21.1. The Morgan fingerprint density at radius 3 is 2.50 bits per heavy atom. The number of aromatic nitrogens is 1. The van der Waals surface area contributed by atoms with E-state index in [1.807, 2.05) is 24.3 Å². The lowest BCUT2D eigenvalue weighted by atomic mass is 10.0. The molecule has 2 heterocycles. The smallest absolute Gasteiger partial charge is 0.308 e. The molecule has 0 aliphatic carbocycles. The highest BCUT2D eigenvalue weighted by Gasteiger charge is 2.31. The number of hydrogen-bond acceptors (Lipinski definition) is 5. The van der Waals surface area contributed by atoms with E-state index in [2.05, 4.69) is 0 Å². The number of hydrogen-bond donors (Lipinski definition) is 3. The highest BCUT2D eigenvalue weighted by Crippen LogP contribution is 2.19. The van der Waals surface area contributed by atoms with Crippen LogP contribution < -0.4 is 11.3 Å². The summed E-state index contributed by atoms with van der Waals surface area (Å²) in [4.78, 5) is 46.7. The molecule has 9 nitrogen and oxygen atoms in total. The van der Waals surface area contributed by atoms with Gasteiger partial charge in [-0.2, -0.15) is 0 Å². The number of aliphatic carboxylic acids is 1. The van der Waals surface area contributed by atoms with Crippen molar-refractivity contribution in [2.24, 2.45) is 18.7 Å². The molecule has 3 rings (SSSR count). The second-order valence-electron chi connectivity index (χ2n) is 6.67. The van der Waals surface area contributed by atoms with Crippen LogP contribution in [-0.2, 0) is 16.6 Å². The number of likely N-dealkylation sites (tertiary alicyclic amines) is 1. The van der Waals surface area contributed by atoms with Crippen LogP contribution in [0.25, 0.3) is 10.9 Å². The minimum Gasteiger partial charge on any atom is -0.483 e. The quantitative estimate of drug-likeness (QED) is 0.635. The maximum atomic E-state index is 12.9. The summed E-state index contributed by atoms with van der Waals surface area (Å²) in [6.07, 6.45) is 0.965. The molecule has 4 N–H and O–H groups in total. The summed E-state index contributed by atoms with van der Waals surface area (Å²) >= 11 is 0. The summed E-state index contributed by atoms with van der Waals surface area (Å²) in [6, 6.07) is 8.59. The second kappa shape index (κ2) is 9.14. The number of amides is 1. The van der Waals surface area contributed by atoms with Gasteiger partial charge >= 0.3 is 5.97 Å². The zero-order valence-corrected chi connectivity index (χ0v) is 15.4. The number of carboxylic acids is 1. The maximum Gasteiger partial charge on any atom is 0.308 e. The standard InChI is InChI=1S/C18H21N3O4.CH2O2/c1-20-15-5-3-2-4-11(15)8-14(16(20)22)17(23)21-9-12(18(24)25)6-7-13(19)10-21;2-1-3/h2-5,8,12-13H,6-7,9-10,19H2,1H3,(H,24,25);1H,(H,2,3)/t12-,13+;/m0./s1. The van der Waals surface area contributed by atoms with Gasteiger partial charge in [-0.3, -0.25) is 19.2 Å². The molecule has 150 valence electrons. The zero-order chi connectivity index (χ0) is 20.8. The van der Waals surface area contributed by atoms with E-state index in [1.54, 1.807) is 13.1 Å². The Bertz CT molecular complexity index is 939. The van der Waals surface area contributed by atoms with E-state index in [0.29, 0.717) is 12.8 Å². The average molecular weight is 389 g/mol. The number of nitrogens with zero attached hydrogens (tertiary/aromatic N) is 2. The van der Waals surface area contributed by atoms with Crippen molar-refractivity contribution in [2.45, 2.75) is 18.9 Å². The van der Waals surface area contributed by atoms with Crippen molar-refractivity contribution in [1.29, 1.82) is 0 Å². The molecule has 1 aromatic carbocycles. The Kier molecular flexibility index (Phi) is 6.89. The van der Waals surface area contributed by atoms with Crippen LogP contribution in [0.3, 0.4) is 0 Å². The van der Waals surface area contributed by atoms with Gasteiger partial charge in [-0.25, -0.2) is 0 Å². The average Bonchev–Trinajstić information content (AvgIpc) is 2.87. The molecule has 0 saturated carbocycles. The van der Waals surface area contributed by atoms with Crippen LogP contribution in [-0.4, -0.2) is 57.2 Å². The Morgan fingerprint density at radius 2 is 1.86 bits per heavy atom. The molecule has 0 unspecified atom stereocenters. The first-order chi connectivity index (χ1) is 13.3. The molecule has 1 aromatic heterocycles. The molecule has 9 heteroatoms. The number of carboxylic acid groups (broad SMARTS) is 2. The Morgan fingerprint density at radius 1 is 1.21 bits per heavy atom. The van der Waals surface area contributed by atoms with Gasteiger partial charge in [0.25, 0.3) is 17.9 Å². The molecule has 1 saturated heterocycles. The van der Waals surface area contributed by atoms with Crippen molar-refractivity contribution in [3.63, 3.8) is 0 Å². The lowest BCUT2D eigenvalue weighted by Gasteiger charge is -2.24. The van der Waals surface area contributed by atoms with Crippen LogP contribution in [0.4, 0.5) is 0 Å². The molecular weight excluding hydrogens is 366 g/mol. The molecule has 28 heavy (non-hydrogen) atoms. The van der Waals surface area contributed by atoms with E-state index < -0.39 is 23.4 Å². The van der Waals surface area contributed by atoms with E-state index in [-0.39, 0.29) is 31.2 Å². The Labute approximate surface area is 161 Å². The third-order valence-corrected chi connectivity index (χ3v) is 4.78. The number of carbonyl (C=O) groups is 3. The number of carbonyl (C=O) groups excluding carboxylic acids is 1. The summed E-state index contributed by atoms with van der Waals surface area (Å²) in [6.45, 7) is 0.0659. The van der Waals surface area contributed by atoms with Crippen LogP contribution in [0.1, 0.15) is 23.2 Å². The summed E-state index contributed by atoms with van der Waals surface area (Å²) in [5, 5.41) is 17.0. The predicted molar refractivity (Wildman–Crippen MR) is 102 cm³/mol. The van der Waals surface area contributed by atoms with E-state index >= 15 is 0 Å². The molecule has 1 fully saturated rings. The predicted octanol–water partition coefficient (Wildman–Crippen LogP) is 0.503. The monoisotopic (exact) mass is 389 g/mol. The van der Waals surface area contributed by atoms with Gasteiger partial charge in [-0.05, 0) is 30.4 Å². The minimum absolute atomic E-state index is 0.0411. The lowest BCUT2D eigenvalue weighted by molar-refractivity contribution is -0.142. The number of fused-ring (bicyclic) bond motifs is 1. The first-order valence-corrected chi connectivity index (χ1v) is 8.74. The lowest BCUT2D eigenvalue weighted by Crippen LogP contribution is -2.43. The van der Waals surface area contributed by atoms with Crippen LogP contribution in [0.2, 0.25) is 0 Å². The summed E-state index contributed by atoms with van der Waals surface area (Å²) < 4.78 is 1.44. The molecule has 1 aliphatic rings. The van der Waals surface area contributed by atoms with Crippen molar-refractivity contribution < 1.29 is 24.6 Å². The molecule has 1 aliphatic heterocycles. The van der Waals surface area contributed by atoms with Gasteiger partial charge in [0.2, 0.25) is 0 Å². The molecule has 1 amide bonds. The number of benzene rings is 1. The number of aryl methyl sites for hydroxylation is 1. The number of para-hydroxylation sites is 1. The molecule has 0 bridgehead atoms. The number of nitrogens with two attached hydrogens (primary N) is 1. The fourth-order valence-corrected chi connectivity index (χ4v) is 3.33. The molecular formula is C19H23N3O6. The van der Waals surface area contributed by atoms with Crippen LogP contribution in [0.15, 0.2) is 35.1 Å². The van der Waals surface area contributed by atoms with Crippen molar-refractivity contribution in [3.8, 4) is 0 Å². The SMILES string of the molecule is Cn1c(=O)c(C(=O)N2C[C@H](N)CC[C@H](C(=O)O)C2)cc2ccccc21.O=CO. The van der Waals surface area contributed by atoms with E-state index in [4.69, 9.17) is 15.6 Å². The highest BCUT2D eigenvalue weighted by molar-refractivity contribution is 5.97. The van der Waals surface area contributed by atoms with Crippen LogP contribution in [0.5, 0.6) is 0 Å². The van der Waals surface area contributed by atoms with Crippen molar-refractivity contribution in [3.05, 3.63) is 46.2 Å². The molecule has 2 atom stereocenters. The third kappa shape index (κ3) is 4.55. The fourth-order valence-electron chi connectivity index (χ4n) is 3.33. The molecule has 0 radical (unpaired) electrons. The van der Waals surface area contributed by atoms with Crippen LogP contribution >= 0.6 is 0 Å². The normalized spacial score (nSPS) is 19.3. The Hall–Kier alpha value is -3.20. The third-order valence-electron chi connectivity index (χ3n) is 4.78. The molecule has 2 aromatic rings. The van der Waals surface area contributed by atoms with Crippen molar-refractivity contribution in [1.82, 2.24) is 9.47 Å². The summed E-state index contributed by atoms with van der Waals surface area (Å²) in [5.41, 5.74) is 6.37. The second-order valence-corrected chi connectivity index (χ2v) is 6.67. The fraction of sp³-hybridized carbons (Fsp3) is 0.368. The Balaban J connectivity index is 0.000000878. The van der Waals surface area contributed by atoms with Gasteiger partial charge in [-0.1, -0.05) is 18.2 Å². The summed E-state index contributed by atoms with van der Waals surface area (Å²) in [7, 11) is 1.62. The van der Waals surface area contributed by atoms with Gasteiger partial charge < -0.3 is 25.4 Å². The van der Waals surface area contributed by atoms with E-state index in [1.165, 1.54) is 9.47 Å². The van der Waals surface area contributed by atoms with Crippen LogP contribution in [0, 0.1) is 5.92 Å². The van der Waals surface area contributed by atoms with Gasteiger partial charge in [0.05, 0.1) is 11.4 Å². The zero-order valence-electron chi connectivity index (χ0n) is 15.4. The van der Waals surface area contributed by atoms with Gasteiger partial charge in [-0.15, -0.1) is 0 Å². The van der Waals surface area contributed by atoms with Crippen molar-refractivity contribution >= 4 is 29.3 Å². The number of pyridine rings is 1. The summed E-state index contributed by atoms with van der Waals surface area (Å²) in [5.74, 6) is -2.07. The van der Waals surface area contributed by atoms with E-state index in [0.717, 1.165) is 10.9 Å². The molecule has 0 spiro atoms. The van der Waals surface area contributed by atoms with Gasteiger partial charge in [0, 0.05) is 26.2 Å². The largest absolute Gasteiger partial charge is 0.483 e. The van der Waals surface area contributed by atoms with E-state index in [9.17, 15) is 19.5 Å². The number of rotatable bonds is 2. The first-order valence-electron chi connectivity index (χ1n) is 8.74. The minimum atomic E-state index is -0.946. The maximum absolute atomic E-state index is 12.9. The highest BCUT2D eigenvalue weighted by atomic mass is 16.4. The van der Waals surface area contributed by atoms with Crippen molar-refractivity contribution in [2.75, 3.05) is 13.1 Å². The topological polar surface area (TPSA) is 143 Å². The van der Waals surface area contributed by atoms with Gasteiger partial charge in [0.15, 0.2) is 0 Å². The van der Waals surface area contributed by atoms with Gasteiger partial charge in [0.1, 0.15) is 5.56 Å².